The molecule has 1 N–H and O–H groups in total. The molecule has 1 aliphatic carbocycles. The van der Waals surface area contributed by atoms with Crippen molar-refractivity contribution in [1.29, 1.82) is 0 Å². The van der Waals surface area contributed by atoms with E-state index in [1.54, 1.807) is 0 Å². The van der Waals surface area contributed by atoms with Gasteiger partial charge in [0.15, 0.2) is 11.5 Å². The molecule has 13 heavy (non-hydrogen) atoms. The lowest BCUT2D eigenvalue weighted by Crippen LogP contribution is -2.18. The van der Waals surface area contributed by atoms with E-state index in [9.17, 15) is 9.90 Å². The monoisotopic (exact) mass is 186 g/mol. The van der Waals surface area contributed by atoms with Crippen LogP contribution >= 0.6 is 0 Å². The first-order chi connectivity index (χ1) is 6.20. The number of rotatable bonds is 3. The average Bonchev–Trinajstić information content (AvgIpc) is 2.53. The van der Waals surface area contributed by atoms with Crippen molar-refractivity contribution in [2.45, 2.75) is 25.6 Å². The predicted octanol–water partition coefficient (Wildman–Crippen LogP) is 1.17. The zero-order valence-corrected chi connectivity index (χ0v) is 7.87. The Morgan fingerprint density at radius 3 is 2.38 bits per heavy atom. The fourth-order valence-electron chi connectivity index (χ4n) is 1.45. The molecule has 74 valence electrons. The van der Waals surface area contributed by atoms with Gasteiger partial charge in [0.25, 0.3) is 0 Å². The van der Waals surface area contributed by atoms with E-state index >= 15 is 0 Å². The second-order valence-electron chi connectivity index (χ2n) is 2.94. The highest BCUT2D eigenvalue weighted by Gasteiger charge is 2.25. The molecule has 0 bridgehead atoms. The molecule has 0 unspecified atom stereocenters. The maximum atomic E-state index is 11.2. The van der Waals surface area contributed by atoms with Crippen LogP contribution in [0.25, 0.3) is 0 Å². The molecule has 0 amide bonds. The maximum absolute atomic E-state index is 11.2. The van der Waals surface area contributed by atoms with Crippen molar-refractivity contribution in [3.8, 4) is 0 Å². The summed E-state index contributed by atoms with van der Waals surface area (Å²) in [5.74, 6) is -0.0795. The lowest BCUT2D eigenvalue weighted by molar-refractivity contribution is -0.116. The SMILES string of the molecule is COC(OC)C(O)=C1CCCC1=O. The Balaban J connectivity index is 2.82. The molecule has 4 nitrogen and oxygen atoms in total. The van der Waals surface area contributed by atoms with Crippen molar-refractivity contribution in [3.05, 3.63) is 11.3 Å². The maximum Gasteiger partial charge on any atom is 0.216 e. The van der Waals surface area contributed by atoms with Crippen LogP contribution < -0.4 is 0 Å². The number of ketones is 1. The molecule has 4 heteroatoms. The second kappa shape index (κ2) is 4.39. The number of hydrogen-bond acceptors (Lipinski definition) is 4. The first-order valence-corrected chi connectivity index (χ1v) is 4.21. The van der Waals surface area contributed by atoms with Crippen molar-refractivity contribution < 1.29 is 19.4 Å². The number of allylic oxidation sites excluding steroid dienone is 1. The molecule has 0 aromatic carbocycles. The summed E-state index contributed by atoms with van der Waals surface area (Å²) in [7, 11) is 2.84. The molecule has 0 spiro atoms. The van der Waals surface area contributed by atoms with Gasteiger partial charge in [0.05, 0.1) is 0 Å². The molecular formula is C9H14O4. The zero-order valence-electron chi connectivity index (χ0n) is 7.87. The Bertz CT molecular complexity index is 228. The molecule has 0 heterocycles. The van der Waals surface area contributed by atoms with Crippen molar-refractivity contribution in [3.63, 3.8) is 0 Å². The largest absolute Gasteiger partial charge is 0.507 e. The molecule has 0 radical (unpaired) electrons. The summed E-state index contributed by atoms with van der Waals surface area (Å²) in [5, 5.41) is 9.59. The van der Waals surface area contributed by atoms with Crippen molar-refractivity contribution in [2.24, 2.45) is 0 Å². The molecule has 1 fully saturated rings. The van der Waals surface area contributed by atoms with Gasteiger partial charge in [0.2, 0.25) is 6.29 Å². The number of hydrogen-bond donors (Lipinski definition) is 1. The van der Waals surface area contributed by atoms with E-state index in [4.69, 9.17) is 9.47 Å². The van der Waals surface area contributed by atoms with Crippen LogP contribution in [-0.2, 0) is 14.3 Å². The van der Waals surface area contributed by atoms with Crippen LogP contribution in [0.1, 0.15) is 19.3 Å². The first-order valence-electron chi connectivity index (χ1n) is 4.21. The summed E-state index contributed by atoms with van der Waals surface area (Å²) >= 11 is 0. The third-order valence-corrected chi connectivity index (χ3v) is 2.13. The third-order valence-electron chi connectivity index (χ3n) is 2.13. The topological polar surface area (TPSA) is 55.8 Å². The van der Waals surface area contributed by atoms with Crippen LogP contribution in [0.2, 0.25) is 0 Å². The normalized spacial score (nSPS) is 21.3. The van der Waals surface area contributed by atoms with Crippen LogP contribution in [0.15, 0.2) is 11.3 Å². The molecule has 0 aromatic rings. The molecule has 1 rings (SSSR count). The van der Waals surface area contributed by atoms with Crippen LogP contribution in [0.4, 0.5) is 0 Å². The Kier molecular flexibility index (Phi) is 3.45. The highest BCUT2D eigenvalue weighted by Crippen LogP contribution is 2.24. The van der Waals surface area contributed by atoms with E-state index in [1.807, 2.05) is 0 Å². The summed E-state index contributed by atoms with van der Waals surface area (Å²) < 4.78 is 9.68. The van der Waals surface area contributed by atoms with Crippen LogP contribution in [-0.4, -0.2) is 31.4 Å². The van der Waals surface area contributed by atoms with Crippen molar-refractivity contribution in [1.82, 2.24) is 0 Å². The number of carbonyl (C=O) groups is 1. The Labute approximate surface area is 77.1 Å². The standard InChI is InChI=1S/C9H14O4/c1-12-9(13-2)8(11)6-4-3-5-7(6)10/h9,11H,3-5H2,1-2H3. The average molecular weight is 186 g/mol. The summed E-state index contributed by atoms with van der Waals surface area (Å²) in [6, 6.07) is 0. The number of Topliss-reactive ketones (excluding diaryl/α,β-unsaturated/α-hetero) is 1. The van der Waals surface area contributed by atoms with Gasteiger partial charge in [-0.05, 0) is 12.8 Å². The number of methoxy groups -OCH3 is 2. The summed E-state index contributed by atoms with van der Waals surface area (Å²) in [5.41, 5.74) is 0.453. The number of ether oxygens (including phenoxy) is 2. The fourth-order valence-corrected chi connectivity index (χ4v) is 1.45. The molecule has 0 aliphatic heterocycles. The lowest BCUT2D eigenvalue weighted by Gasteiger charge is -2.13. The number of carbonyl (C=O) groups excluding carboxylic acids is 1. The van der Waals surface area contributed by atoms with Gasteiger partial charge in [-0.3, -0.25) is 4.79 Å². The summed E-state index contributed by atoms with van der Waals surface area (Å²) in [4.78, 5) is 11.2. The fraction of sp³-hybridized carbons (Fsp3) is 0.667. The van der Waals surface area contributed by atoms with E-state index in [2.05, 4.69) is 0 Å². The van der Waals surface area contributed by atoms with Gasteiger partial charge in [-0.15, -0.1) is 0 Å². The smallest absolute Gasteiger partial charge is 0.216 e. The Morgan fingerprint density at radius 1 is 1.38 bits per heavy atom. The van der Waals surface area contributed by atoms with Crippen LogP contribution in [0.3, 0.4) is 0 Å². The number of aliphatic hydroxyl groups excluding tert-OH is 1. The quantitative estimate of drug-likeness (QED) is 0.408. The second-order valence-corrected chi connectivity index (χ2v) is 2.94. The zero-order chi connectivity index (χ0) is 9.84. The van der Waals surface area contributed by atoms with Gasteiger partial charge >= 0.3 is 0 Å². The van der Waals surface area contributed by atoms with E-state index < -0.39 is 6.29 Å². The molecular weight excluding hydrogens is 172 g/mol. The highest BCUT2D eigenvalue weighted by atomic mass is 16.7. The van der Waals surface area contributed by atoms with Gasteiger partial charge in [-0.25, -0.2) is 0 Å². The van der Waals surface area contributed by atoms with Gasteiger partial charge in [0.1, 0.15) is 0 Å². The molecule has 0 atom stereocenters. The van der Waals surface area contributed by atoms with E-state index in [1.165, 1.54) is 14.2 Å². The Morgan fingerprint density at radius 2 is 2.00 bits per heavy atom. The first kappa shape index (κ1) is 10.2. The van der Waals surface area contributed by atoms with Gasteiger partial charge in [0, 0.05) is 26.2 Å². The van der Waals surface area contributed by atoms with Crippen molar-refractivity contribution in [2.75, 3.05) is 14.2 Å². The van der Waals surface area contributed by atoms with Gasteiger partial charge < -0.3 is 14.6 Å². The van der Waals surface area contributed by atoms with Gasteiger partial charge in [-0.2, -0.15) is 0 Å². The molecule has 1 aliphatic rings. The van der Waals surface area contributed by atoms with E-state index in [0.29, 0.717) is 18.4 Å². The molecule has 0 saturated heterocycles. The minimum atomic E-state index is -0.808. The van der Waals surface area contributed by atoms with Crippen LogP contribution in [0, 0.1) is 0 Å². The molecule has 1 saturated carbocycles. The van der Waals surface area contributed by atoms with Crippen LogP contribution in [0.5, 0.6) is 0 Å². The van der Waals surface area contributed by atoms with Crippen molar-refractivity contribution >= 4 is 5.78 Å². The molecule has 0 aromatic heterocycles. The third kappa shape index (κ3) is 2.08. The Hall–Kier alpha value is -0.870. The summed E-state index contributed by atoms with van der Waals surface area (Å²) in [6.07, 6.45) is 1.13. The van der Waals surface area contributed by atoms with E-state index in [-0.39, 0.29) is 11.5 Å². The predicted molar refractivity (Wildman–Crippen MR) is 46.3 cm³/mol. The summed E-state index contributed by atoms with van der Waals surface area (Å²) in [6.45, 7) is 0. The minimum absolute atomic E-state index is 0.00315. The minimum Gasteiger partial charge on any atom is -0.507 e. The van der Waals surface area contributed by atoms with E-state index in [0.717, 1.165) is 6.42 Å². The number of aliphatic hydroxyl groups is 1. The highest BCUT2D eigenvalue weighted by molar-refractivity contribution is 5.97. The lowest BCUT2D eigenvalue weighted by atomic mass is 10.2. The van der Waals surface area contributed by atoms with Gasteiger partial charge in [-0.1, -0.05) is 0 Å².